The maximum absolute atomic E-state index is 13.6. The summed E-state index contributed by atoms with van der Waals surface area (Å²) in [5.41, 5.74) is 7.90. The van der Waals surface area contributed by atoms with Crippen LogP contribution in [0.2, 0.25) is 0 Å². The van der Waals surface area contributed by atoms with Crippen molar-refractivity contribution in [2.24, 2.45) is 5.92 Å². The number of nitrogens with one attached hydrogen (secondary N) is 1. The van der Waals surface area contributed by atoms with E-state index in [1.165, 1.54) is 17.0 Å². The predicted octanol–water partition coefficient (Wildman–Crippen LogP) is 4.53. The number of fused-ring (bicyclic) bond motifs is 1. The number of para-hydroxylation sites is 1. The minimum atomic E-state index is -4.20. The Bertz CT molecular complexity index is 1500. The van der Waals surface area contributed by atoms with E-state index >= 15 is 0 Å². The van der Waals surface area contributed by atoms with E-state index in [4.69, 9.17) is 5.73 Å². The molecule has 0 fully saturated rings. The molecule has 0 saturated heterocycles. The van der Waals surface area contributed by atoms with Crippen molar-refractivity contribution in [1.29, 1.82) is 0 Å². The number of carbonyl (C=O) groups is 2. The van der Waals surface area contributed by atoms with Crippen LogP contribution in [0.1, 0.15) is 18.9 Å². The molecule has 0 heterocycles. The van der Waals surface area contributed by atoms with Gasteiger partial charge in [0, 0.05) is 17.9 Å². The van der Waals surface area contributed by atoms with Gasteiger partial charge in [-0.1, -0.05) is 60.7 Å². The number of sulfonamides is 1. The van der Waals surface area contributed by atoms with Crippen LogP contribution < -0.4 is 15.4 Å². The molecule has 37 heavy (non-hydrogen) atoms. The molecule has 0 bridgehead atoms. The standard InChI is InChI=1S/C29H29N3O4S/c1-2-32(25-10-4-3-5-11-25)29(34)27(19-14-21-12-16-24(30)17-13-21)28(33)31-37(35,36)26-18-15-22-8-6-7-9-23(22)20-26/h3-13,15-18,20,27H,2,14,19,30H2,1H3,(H,31,33). The Hall–Kier alpha value is -4.17. The SMILES string of the molecule is CCN(C(=O)C(CCc1ccc(N)cc1)C(=O)NS(=O)(=O)c1ccc2ccccc2c1)c1ccccc1. The number of nitrogen functional groups attached to an aromatic ring is 1. The summed E-state index contributed by atoms with van der Waals surface area (Å²) in [4.78, 5) is 28.5. The smallest absolute Gasteiger partial charge is 0.264 e. The van der Waals surface area contributed by atoms with Crippen LogP contribution in [0.5, 0.6) is 0 Å². The van der Waals surface area contributed by atoms with Gasteiger partial charge in [-0.15, -0.1) is 0 Å². The molecule has 3 N–H and O–H groups in total. The summed E-state index contributed by atoms with van der Waals surface area (Å²) in [5, 5.41) is 1.61. The largest absolute Gasteiger partial charge is 0.399 e. The van der Waals surface area contributed by atoms with E-state index in [1.807, 2.05) is 43.3 Å². The normalized spacial score (nSPS) is 12.1. The first kappa shape index (κ1) is 25.9. The third-order valence-electron chi connectivity index (χ3n) is 6.23. The van der Waals surface area contributed by atoms with Crippen LogP contribution in [0, 0.1) is 5.92 Å². The molecule has 1 unspecified atom stereocenters. The first-order valence-electron chi connectivity index (χ1n) is 12.0. The molecule has 4 aromatic rings. The summed E-state index contributed by atoms with van der Waals surface area (Å²) >= 11 is 0. The second-order valence-electron chi connectivity index (χ2n) is 8.73. The quantitative estimate of drug-likeness (QED) is 0.251. The van der Waals surface area contributed by atoms with Crippen molar-refractivity contribution in [2.45, 2.75) is 24.7 Å². The predicted molar refractivity (Wildman–Crippen MR) is 146 cm³/mol. The molecule has 0 radical (unpaired) electrons. The average Bonchev–Trinajstić information content (AvgIpc) is 2.90. The Morgan fingerprint density at radius 2 is 1.51 bits per heavy atom. The molecule has 4 rings (SSSR count). The fraction of sp³-hybridized carbons (Fsp3) is 0.172. The summed E-state index contributed by atoms with van der Waals surface area (Å²) in [5.74, 6) is -2.54. The average molecular weight is 516 g/mol. The summed E-state index contributed by atoms with van der Waals surface area (Å²) in [7, 11) is -4.20. The molecule has 0 aliphatic carbocycles. The molecular formula is C29H29N3O4S. The van der Waals surface area contributed by atoms with E-state index in [0.717, 1.165) is 16.3 Å². The van der Waals surface area contributed by atoms with Gasteiger partial charge in [0.1, 0.15) is 5.92 Å². The first-order valence-corrected chi connectivity index (χ1v) is 13.5. The van der Waals surface area contributed by atoms with Crippen molar-refractivity contribution in [2.75, 3.05) is 17.2 Å². The van der Waals surface area contributed by atoms with Gasteiger partial charge in [-0.2, -0.15) is 0 Å². The molecule has 2 amide bonds. The lowest BCUT2D eigenvalue weighted by Gasteiger charge is -2.26. The lowest BCUT2D eigenvalue weighted by atomic mass is 9.97. The van der Waals surface area contributed by atoms with Gasteiger partial charge >= 0.3 is 0 Å². The fourth-order valence-electron chi connectivity index (χ4n) is 4.22. The molecule has 8 heteroatoms. The number of anilines is 2. The summed E-state index contributed by atoms with van der Waals surface area (Å²) < 4.78 is 28.5. The van der Waals surface area contributed by atoms with Crippen molar-refractivity contribution < 1.29 is 18.0 Å². The number of nitrogens with zero attached hydrogens (tertiary/aromatic N) is 1. The van der Waals surface area contributed by atoms with Crippen molar-refractivity contribution in [3.05, 3.63) is 103 Å². The minimum absolute atomic E-state index is 0.0420. The lowest BCUT2D eigenvalue weighted by Crippen LogP contribution is -2.45. The molecule has 7 nitrogen and oxygen atoms in total. The zero-order valence-corrected chi connectivity index (χ0v) is 21.3. The second kappa shape index (κ2) is 11.3. The number of nitrogens with two attached hydrogens (primary N) is 1. The van der Waals surface area contributed by atoms with Crippen molar-refractivity contribution in [3.63, 3.8) is 0 Å². The topological polar surface area (TPSA) is 110 Å². The van der Waals surface area contributed by atoms with Crippen LogP contribution >= 0.6 is 0 Å². The van der Waals surface area contributed by atoms with E-state index < -0.39 is 27.8 Å². The van der Waals surface area contributed by atoms with Crippen molar-refractivity contribution >= 4 is 44.0 Å². The number of amides is 2. The maximum atomic E-state index is 13.6. The maximum Gasteiger partial charge on any atom is 0.264 e. The highest BCUT2D eigenvalue weighted by Crippen LogP contribution is 2.22. The third kappa shape index (κ3) is 6.16. The number of carbonyl (C=O) groups excluding carboxylic acids is 2. The number of aryl methyl sites for hydroxylation is 1. The molecule has 4 aromatic carbocycles. The fourth-order valence-corrected chi connectivity index (χ4v) is 5.28. The van der Waals surface area contributed by atoms with E-state index in [-0.39, 0.29) is 11.3 Å². The Morgan fingerprint density at radius 1 is 0.865 bits per heavy atom. The second-order valence-corrected chi connectivity index (χ2v) is 10.4. The van der Waals surface area contributed by atoms with Crippen LogP contribution in [0.3, 0.4) is 0 Å². The van der Waals surface area contributed by atoms with Crippen LogP contribution in [-0.4, -0.2) is 26.8 Å². The van der Waals surface area contributed by atoms with Crippen LogP contribution in [-0.2, 0) is 26.0 Å². The van der Waals surface area contributed by atoms with E-state index in [0.29, 0.717) is 24.3 Å². The van der Waals surface area contributed by atoms with Crippen molar-refractivity contribution in [1.82, 2.24) is 4.72 Å². The zero-order valence-electron chi connectivity index (χ0n) is 20.5. The van der Waals surface area contributed by atoms with E-state index in [9.17, 15) is 18.0 Å². The highest BCUT2D eigenvalue weighted by molar-refractivity contribution is 7.90. The highest BCUT2D eigenvalue weighted by Gasteiger charge is 2.33. The van der Waals surface area contributed by atoms with Gasteiger partial charge in [0.05, 0.1) is 4.90 Å². The molecular weight excluding hydrogens is 486 g/mol. The number of hydrogen-bond acceptors (Lipinski definition) is 5. The van der Waals surface area contributed by atoms with Crippen LogP contribution in [0.15, 0.2) is 102 Å². The Kier molecular flexibility index (Phi) is 7.89. The molecule has 190 valence electrons. The Balaban J connectivity index is 1.61. The molecule has 0 saturated carbocycles. The molecule has 0 aromatic heterocycles. The van der Waals surface area contributed by atoms with Crippen molar-refractivity contribution in [3.8, 4) is 0 Å². The first-order chi connectivity index (χ1) is 17.8. The Labute approximate surface area is 217 Å². The van der Waals surface area contributed by atoms with E-state index in [2.05, 4.69) is 4.72 Å². The lowest BCUT2D eigenvalue weighted by molar-refractivity contribution is -0.132. The third-order valence-corrected chi connectivity index (χ3v) is 7.58. The zero-order chi connectivity index (χ0) is 26.4. The van der Waals surface area contributed by atoms with Gasteiger partial charge in [-0.3, -0.25) is 9.59 Å². The van der Waals surface area contributed by atoms with Crippen LogP contribution in [0.4, 0.5) is 11.4 Å². The monoisotopic (exact) mass is 515 g/mol. The molecule has 0 spiro atoms. The molecule has 0 aliphatic rings. The Morgan fingerprint density at radius 3 is 2.19 bits per heavy atom. The van der Waals surface area contributed by atoms with Gasteiger partial charge in [-0.05, 0) is 72.5 Å². The molecule has 1 atom stereocenters. The summed E-state index contributed by atoms with van der Waals surface area (Å²) in [6.45, 7) is 2.14. The number of rotatable bonds is 9. The summed E-state index contributed by atoms with van der Waals surface area (Å²) in [6, 6.07) is 28.2. The number of benzene rings is 4. The summed E-state index contributed by atoms with van der Waals surface area (Å²) in [6.07, 6.45) is 0.525. The molecule has 0 aliphatic heterocycles. The number of hydrogen-bond donors (Lipinski definition) is 2. The van der Waals surface area contributed by atoms with Gasteiger partial charge in [-0.25, -0.2) is 13.1 Å². The van der Waals surface area contributed by atoms with Gasteiger partial charge in [0.25, 0.3) is 10.0 Å². The van der Waals surface area contributed by atoms with Gasteiger partial charge < -0.3 is 10.6 Å². The van der Waals surface area contributed by atoms with Gasteiger partial charge in [0.15, 0.2) is 0 Å². The van der Waals surface area contributed by atoms with E-state index in [1.54, 1.807) is 48.5 Å². The van der Waals surface area contributed by atoms with Crippen LogP contribution in [0.25, 0.3) is 10.8 Å². The highest BCUT2D eigenvalue weighted by atomic mass is 32.2. The van der Waals surface area contributed by atoms with Gasteiger partial charge in [0.2, 0.25) is 11.8 Å². The minimum Gasteiger partial charge on any atom is -0.399 e.